The minimum absolute atomic E-state index is 0. The van der Waals surface area contributed by atoms with Gasteiger partial charge in [0.15, 0.2) is 5.96 Å². The van der Waals surface area contributed by atoms with E-state index in [0.29, 0.717) is 5.56 Å². The topological polar surface area (TPSA) is 78.0 Å². The van der Waals surface area contributed by atoms with Crippen molar-refractivity contribution < 1.29 is 9.53 Å². The van der Waals surface area contributed by atoms with E-state index in [1.165, 1.54) is 0 Å². The van der Waals surface area contributed by atoms with Crippen LogP contribution in [-0.2, 0) is 11.2 Å². The largest absolute Gasteiger partial charge is 0.379 e. The van der Waals surface area contributed by atoms with Crippen molar-refractivity contribution in [3.63, 3.8) is 0 Å². The van der Waals surface area contributed by atoms with E-state index in [-0.39, 0.29) is 29.9 Å². The molecule has 0 saturated carbocycles. The molecule has 1 saturated heterocycles. The third-order valence-electron chi connectivity index (χ3n) is 4.17. The number of nitrogens with one attached hydrogen (secondary N) is 3. The summed E-state index contributed by atoms with van der Waals surface area (Å²) in [7, 11) is 3.42. The molecule has 0 radical (unpaired) electrons. The first kappa shape index (κ1) is 22.7. The second kappa shape index (κ2) is 12.9. The Morgan fingerprint density at radius 3 is 2.65 bits per heavy atom. The zero-order valence-electron chi connectivity index (χ0n) is 15.6. The molecule has 1 aromatic carbocycles. The SMILES string of the molecule is CN=C(NCCc1cccc(C(=O)NC)c1)NCCN1CCOCC1.I. The van der Waals surface area contributed by atoms with Crippen LogP contribution in [-0.4, -0.2) is 76.8 Å². The normalized spacial score (nSPS) is 15.1. The van der Waals surface area contributed by atoms with E-state index >= 15 is 0 Å². The number of halogens is 1. The molecular formula is C18H30IN5O2. The summed E-state index contributed by atoms with van der Waals surface area (Å²) in [5, 5.41) is 9.29. The fraction of sp³-hybridized carbons (Fsp3) is 0.556. The van der Waals surface area contributed by atoms with Gasteiger partial charge in [0.2, 0.25) is 0 Å². The highest BCUT2D eigenvalue weighted by Crippen LogP contribution is 2.05. The maximum atomic E-state index is 11.7. The lowest BCUT2D eigenvalue weighted by Gasteiger charge is -2.26. The van der Waals surface area contributed by atoms with Gasteiger partial charge in [0.25, 0.3) is 5.91 Å². The summed E-state index contributed by atoms with van der Waals surface area (Å²) in [4.78, 5) is 18.3. The average molecular weight is 475 g/mol. The molecule has 0 bridgehead atoms. The molecule has 2 rings (SSSR count). The summed E-state index contributed by atoms with van der Waals surface area (Å²) in [6.07, 6.45) is 0.828. The smallest absolute Gasteiger partial charge is 0.251 e. The van der Waals surface area contributed by atoms with Gasteiger partial charge in [-0.2, -0.15) is 0 Å². The van der Waals surface area contributed by atoms with Crippen molar-refractivity contribution in [1.82, 2.24) is 20.9 Å². The first-order valence-electron chi connectivity index (χ1n) is 8.78. The predicted octanol–water partition coefficient (Wildman–Crippen LogP) is 0.704. The van der Waals surface area contributed by atoms with Crippen molar-refractivity contribution >= 4 is 35.8 Å². The van der Waals surface area contributed by atoms with Crippen molar-refractivity contribution in [1.29, 1.82) is 0 Å². The Labute approximate surface area is 173 Å². The Hall–Kier alpha value is -1.39. The van der Waals surface area contributed by atoms with Gasteiger partial charge < -0.3 is 20.7 Å². The summed E-state index contributed by atoms with van der Waals surface area (Å²) in [5.41, 5.74) is 1.81. The summed E-state index contributed by atoms with van der Waals surface area (Å²) < 4.78 is 5.35. The molecule has 0 unspecified atom stereocenters. The molecule has 1 amide bonds. The zero-order valence-corrected chi connectivity index (χ0v) is 17.9. The Balaban J connectivity index is 0.00000338. The molecular weight excluding hydrogens is 445 g/mol. The molecule has 0 spiro atoms. The number of ether oxygens (including phenoxy) is 1. The third kappa shape index (κ3) is 7.88. The molecule has 0 atom stereocenters. The van der Waals surface area contributed by atoms with Gasteiger partial charge in [-0.1, -0.05) is 12.1 Å². The van der Waals surface area contributed by atoms with Crippen LogP contribution in [0.3, 0.4) is 0 Å². The number of hydrogen-bond acceptors (Lipinski definition) is 4. The molecule has 26 heavy (non-hydrogen) atoms. The predicted molar refractivity (Wildman–Crippen MR) is 116 cm³/mol. The number of hydrogen-bond donors (Lipinski definition) is 3. The van der Waals surface area contributed by atoms with E-state index in [0.717, 1.165) is 63.9 Å². The van der Waals surface area contributed by atoms with Crippen molar-refractivity contribution in [3.05, 3.63) is 35.4 Å². The Morgan fingerprint density at radius 1 is 1.23 bits per heavy atom. The van der Waals surface area contributed by atoms with E-state index in [4.69, 9.17) is 4.74 Å². The maximum absolute atomic E-state index is 11.7. The molecule has 1 aliphatic rings. The van der Waals surface area contributed by atoms with Gasteiger partial charge in [0, 0.05) is 52.4 Å². The number of aliphatic imine (C=N–C) groups is 1. The van der Waals surface area contributed by atoms with Crippen LogP contribution in [0.4, 0.5) is 0 Å². The Bertz CT molecular complexity index is 576. The first-order valence-corrected chi connectivity index (χ1v) is 8.78. The third-order valence-corrected chi connectivity index (χ3v) is 4.17. The van der Waals surface area contributed by atoms with Crippen LogP contribution in [0, 0.1) is 0 Å². The second-order valence-electron chi connectivity index (χ2n) is 5.91. The highest BCUT2D eigenvalue weighted by molar-refractivity contribution is 14.0. The fourth-order valence-electron chi connectivity index (χ4n) is 2.72. The number of benzene rings is 1. The number of guanidine groups is 1. The summed E-state index contributed by atoms with van der Waals surface area (Å²) in [6.45, 7) is 6.23. The molecule has 146 valence electrons. The minimum atomic E-state index is -0.0598. The van der Waals surface area contributed by atoms with Crippen molar-refractivity contribution in [2.24, 2.45) is 4.99 Å². The van der Waals surface area contributed by atoms with Crippen molar-refractivity contribution in [2.75, 3.05) is 60.0 Å². The van der Waals surface area contributed by atoms with Crippen molar-refractivity contribution in [2.45, 2.75) is 6.42 Å². The number of carbonyl (C=O) groups excluding carboxylic acids is 1. The first-order chi connectivity index (χ1) is 12.2. The fourth-order valence-corrected chi connectivity index (χ4v) is 2.72. The van der Waals surface area contributed by atoms with Gasteiger partial charge in [0.1, 0.15) is 0 Å². The van der Waals surface area contributed by atoms with Gasteiger partial charge in [-0.05, 0) is 24.1 Å². The lowest BCUT2D eigenvalue weighted by atomic mass is 10.1. The number of nitrogens with zero attached hydrogens (tertiary/aromatic N) is 2. The Morgan fingerprint density at radius 2 is 1.96 bits per heavy atom. The molecule has 1 aliphatic heterocycles. The highest BCUT2D eigenvalue weighted by Gasteiger charge is 2.09. The van der Waals surface area contributed by atoms with E-state index in [1.807, 2.05) is 24.3 Å². The number of carbonyl (C=O) groups is 1. The van der Waals surface area contributed by atoms with Crippen LogP contribution >= 0.6 is 24.0 Å². The van der Waals surface area contributed by atoms with Crippen LogP contribution in [0.15, 0.2) is 29.3 Å². The lowest BCUT2D eigenvalue weighted by Crippen LogP contribution is -2.44. The minimum Gasteiger partial charge on any atom is -0.379 e. The van der Waals surface area contributed by atoms with E-state index in [1.54, 1.807) is 14.1 Å². The molecule has 1 aromatic rings. The second-order valence-corrected chi connectivity index (χ2v) is 5.91. The zero-order chi connectivity index (χ0) is 17.9. The monoisotopic (exact) mass is 475 g/mol. The van der Waals surface area contributed by atoms with Gasteiger partial charge in [0.05, 0.1) is 13.2 Å². The van der Waals surface area contributed by atoms with Crippen LogP contribution in [0.5, 0.6) is 0 Å². The summed E-state index contributed by atoms with van der Waals surface area (Å²) in [5.74, 6) is 0.742. The number of amides is 1. The molecule has 1 heterocycles. The molecule has 0 aliphatic carbocycles. The molecule has 3 N–H and O–H groups in total. The quantitative estimate of drug-likeness (QED) is 0.308. The number of morpholine rings is 1. The Kier molecular flexibility index (Phi) is 11.2. The summed E-state index contributed by atoms with van der Waals surface area (Å²) in [6, 6.07) is 7.69. The molecule has 7 nitrogen and oxygen atoms in total. The molecule has 8 heteroatoms. The van der Waals surface area contributed by atoms with E-state index < -0.39 is 0 Å². The summed E-state index contributed by atoms with van der Waals surface area (Å²) >= 11 is 0. The molecule has 1 fully saturated rings. The highest BCUT2D eigenvalue weighted by atomic mass is 127. The van der Waals surface area contributed by atoms with Crippen LogP contribution in [0.1, 0.15) is 15.9 Å². The van der Waals surface area contributed by atoms with Gasteiger partial charge >= 0.3 is 0 Å². The van der Waals surface area contributed by atoms with Crippen LogP contribution in [0.25, 0.3) is 0 Å². The standard InChI is InChI=1S/C18H29N5O2.HI/c1-19-17(24)16-5-3-4-15(14-16)6-7-21-18(20-2)22-8-9-23-10-12-25-13-11-23;/h3-5,14H,6-13H2,1-2H3,(H,19,24)(H2,20,21,22);1H. The number of rotatable bonds is 7. The van der Waals surface area contributed by atoms with Crippen LogP contribution in [0.2, 0.25) is 0 Å². The van der Waals surface area contributed by atoms with E-state index in [9.17, 15) is 4.79 Å². The average Bonchev–Trinajstić information content (AvgIpc) is 2.67. The van der Waals surface area contributed by atoms with Gasteiger partial charge in [-0.3, -0.25) is 14.7 Å². The van der Waals surface area contributed by atoms with Gasteiger partial charge in [-0.25, -0.2) is 0 Å². The molecule has 0 aromatic heterocycles. The van der Waals surface area contributed by atoms with Crippen LogP contribution < -0.4 is 16.0 Å². The maximum Gasteiger partial charge on any atom is 0.251 e. The van der Waals surface area contributed by atoms with Gasteiger partial charge in [-0.15, -0.1) is 24.0 Å². The lowest BCUT2D eigenvalue weighted by molar-refractivity contribution is 0.0389. The van der Waals surface area contributed by atoms with E-state index in [2.05, 4.69) is 25.8 Å². The van der Waals surface area contributed by atoms with Crippen molar-refractivity contribution in [3.8, 4) is 0 Å².